The van der Waals surface area contributed by atoms with Gasteiger partial charge >= 0.3 is 0 Å². The Bertz CT molecular complexity index is 682. The van der Waals surface area contributed by atoms with Crippen molar-refractivity contribution in [2.45, 2.75) is 12.6 Å². The molecule has 5 heteroatoms. The lowest BCUT2D eigenvalue weighted by Crippen LogP contribution is -2.13. The first-order valence-electron chi connectivity index (χ1n) is 6.72. The van der Waals surface area contributed by atoms with Crippen molar-refractivity contribution in [3.8, 4) is 5.75 Å². The van der Waals surface area contributed by atoms with Crippen LogP contribution in [0.1, 0.15) is 23.3 Å². The number of aromatic nitrogens is 3. The van der Waals surface area contributed by atoms with Gasteiger partial charge in [-0.1, -0.05) is 48.5 Å². The number of nitrogens with zero attached hydrogens (tertiary/aromatic N) is 2. The maximum absolute atomic E-state index is 6.15. The molecule has 21 heavy (non-hydrogen) atoms. The fourth-order valence-electron chi connectivity index (χ4n) is 1.99. The number of ether oxygens (including phenoxy) is 1. The van der Waals surface area contributed by atoms with E-state index in [1.54, 1.807) is 0 Å². The molecular formula is C16H16N4O. The zero-order valence-corrected chi connectivity index (χ0v) is 11.4. The predicted molar refractivity (Wildman–Crippen MR) is 79.6 cm³/mol. The van der Waals surface area contributed by atoms with Gasteiger partial charge in [0.2, 0.25) is 0 Å². The molecule has 3 aromatic rings. The minimum absolute atomic E-state index is 0.332. The summed E-state index contributed by atoms with van der Waals surface area (Å²) in [6.07, 6.45) is 0. The van der Waals surface area contributed by atoms with Crippen LogP contribution in [0.3, 0.4) is 0 Å². The van der Waals surface area contributed by atoms with Gasteiger partial charge in [0, 0.05) is 0 Å². The van der Waals surface area contributed by atoms with Gasteiger partial charge in [0.05, 0.1) is 6.04 Å². The second kappa shape index (κ2) is 6.19. The van der Waals surface area contributed by atoms with Crippen molar-refractivity contribution in [3.63, 3.8) is 0 Å². The lowest BCUT2D eigenvalue weighted by molar-refractivity contribution is 0.296. The number of hydrogen-bond donors (Lipinski definition) is 2. The summed E-state index contributed by atoms with van der Waals surface area (Å²) in [6.45, 7) is 0.332. The van der Waals surface area contributed by atoms with Crippen LogP contribution in [0.15, 0.2) is 60.7 Å². The maximum Gasteiger partial charge on any atom is 0.172 e. The van der Waals surface area contributed by atoms with Gasteiger partial charge in [-0.15, -0.1) is 0 Å². The van der Waals surface area contributed by atoms with E-state index < -0.39 is 0 Å². The molecule has 106 valence electrons. The van der Waals surface area contributed by atoms with E-state index in [4.69, 9.17) is 10.5 Å². The van der Waals surface area contributed by atoms with Crippen LogP contribution in [-0.4, -0.2) is 15.2 Å². The van der Waals surface area contributed by atoms with Crippen molar-refractivity contribution in [2.75, 3.05) is 0 Å². The van der Waals surface area contributed by atoms with Crippen molar-refractivity contribution in [1.29, 1.82) is 0 Å². The minimum Gasteiger partial charge on any atom is -0.486 e. The van der Waals surface area contributed by atoms with Gasteiger partial charge in [-0.05, 0) is 17.7 Å². The molecule has 1 heterocycles. The number of rotatable bonds is 5. The Morgan fingerprint density at radius 3 is 2.38 bits per heavy atom. The van der Waals surface area contributed by atoms with Crippen molar-refractivity contribution < 1.29 is 4.74 Å². The molecule has 0 saturated heterocycles. The zero-order valence-electron chi connectivity index (χ0n) is 11.4. The van der Waals surface area contributed by atoms with Gasteiger partial charge in [0.25, 0.3) is 0 Å². The molecule has 0 aliphatic carbocycles. The molecule has 0 amide bonds. The third kappa shape index (κ3) is 3.27. The Kier molecular flexibility index (Phi) is 3.93. The Balaban J connectivity index is 1.66. The summed E-state index contributed by atoms with van der Waals surface area (Å²) >= 11 is 0. The van der Waals surface area contributed by atoms with Crippen molar-refractivity contribution in [2.24, 2.45) is 5.73 Å². The minimum atomic E-state index is -0.340. The first kappa shape index (κ1) is 13.3. The van der Waals surface area contributed by atoms with Crippen molar-refractivity contribution >= 4 is 0 Å². The van der Waals surface area contributed by atoms with E-state index in [2.05, 4.69) is 15.2 Å². The predicted octanol–water partition coefficient (Wildman–Crippen LogP) is 2.43. The normalized spacial score (nSPS) is 12.0. The number of hydrogen-bond acceptors (Lipinski definition) is 4. The molecule has 0 bridgehead atoms. The van der Waals surface area contributed by atoms with Gasteiger partial charge in [0.15, 0.2) is 11.6 Å². The second-order valence-corrected chi connectivity index (χ2v) is 4.63. The van der Waals surface area contributed by atoms with Gasteiger partial charge < -0.3 is 10.5 Å². The summed E-state index contributed by atoms with van der Waals surface area (Å²) in [5.41, 5.74) is 7.13. The summed E-state index contributed by atoms with van der Waals surface area (Å²) in [4.78, 5) is 4.38. The summed E-state index contributed by atoms with van der Waals surface area (Å²) in [7, 11) is 0. The molecule has 0 fully saturated rings. The monoisotopic (exact) mass is 280 g/mol. The summed E-state index contributed by atoms with van der Waals surface area (Å²) in [6, 6.07) is 19.0. The first-order chi connectivity index (χ1) is 10.3. The summed E-state index contributed by atoms with van der Waals surface area (Å²) < 4.78 is 5.62. The average Bonchev–Trinajstić information content (AvgIpc) is 3.03. The smallest absolute Gasteiger partial charge is 0.172 e. The van der Waals surface area contributed by atoms with Crippen molar-refractivity contribution in [3.05, 3.63) is 77.9 Å². The number of para-hydroxylation sites is 1. The molecule has 0 spiro atoms. The Labute approximate surface area is 122 Å². The van der Waals surface area contributed by atoms with Gasteiger partial charge in [-0.25, -0.2) is 4.98 Å². The lowest BCUT2D eigenvalue weighted by atomic mass is 10.1. The Hall–Kier alpha value is -2.66. The van der Waals surface area contributed by atoms with E-state index >= 15 is 0 Å². The van der Waals surface area contributed by atoms with Crippen LogP contribution in [0.5, 0.6) is 5.75 Å². The molecule has 0 aliphatic rings. The Morgan fingerprint density at radius 2 is 1.67 bits per heavy atom. The molecule has 0 saturated carbocycles. The van der Waals surface area contributed by atoms with E-state index in [0.717, 1.165) is 11.3 Å². The largest absolute Gasteiger partial charge is 0.486 e. The SMILES string of the molecule is N[C@@H](c1ccccc1)c1n[nH]c(COc2ccccc2)n1. The molecule has 1 atom stereocenters. The van der Waals surface area contributed by atoms with Crippen LogP contribution in [0, 0.1) is 0 Å². The standard InChI is InChI=1S/C16H16N4O/c17-15(12-7-3-1-4-8-12)16-18-14(19-20-16)11-21-13-9-5-2-6-10-13/h1-10,15H,11,17H2,(H,18,19,20)/t15-/m0/s1. The molecule has 0 aliphatic heterocycles. The van der Waals surface area contributed by atoms with Crippen LogP contribution in [0.4, 0.5) is 0 Å². The van der Waals surface area contributed by atoms with E-state index in [1.807, 2.05) is 60.7 Å². The van der Waals surface area contributed by atoms with E-state index in [-0.39, 0.29) is 6.04 Å². The van der Waals surface area contributed by atoms with Gasteiger partial charge in [-0.2, -0.15) is 5.10 Å². The molecule has 5 nitrogen and oxygen atoms in total. The van der Waals surface area contributed by atoms with Crippen molar-refractivity contribution in [1.82, 2.24) is 15.2 Å². The fraction of sp³-hybridized carbons (Fsp3) is 0.125. The molecule has 1 aromatic heterocycles. The second-order valence-electron chi connectivity index (χ2n) is 4.63. The van der Waals surface area contributed by atoms with Crippen LogP contribution in [0.25, 0.3) is 0 Å². The number of aromatic amines is 1. The zero-order chi connectivity index (χ0) is 14.5. The topological polar surface area (TPSA) is 76.8 Å². The van der Waals surface area contributed by atoms with Crippen LogP contribution in [-0.2, 0) is 6.61 Å². The van der Waals surface area contributed by atoms with E-state index in [0.29, 0.717) is 18.3 Å². The van der Waals surface area contributed by atoms with E-state index in [1.165, 1.54) is 0 Å². The van der Waals surface area contributed by atoms with E-state index in [9.17, 15) is 0 Å². The van der Waals surface area contributed by atoms with Crippen LogP contribution < -0.4 is 10.5 Å². The maximum atomic E-state index is 6.15. The molecule has 3 N–H and O–H groups in total. The molecule has 2 aromatic carbocycles. The highest BCUT2D eigenvalue weighted by atomic mass is 16.5. The van der Waals surface area contributed by atoms with Gasteiger partial charge in [-0.3, -0.25) is 5.10 Å². The highest BCUT2D eigenvalue weighted by Gasteiger charge is 2.14. The van der Waals surface area contributed by atoms with Crippen LogP contribution in [0.2, 0.25) is 0 Å². The molecule has 0 unspecified atom stereocenters. The molecule has 0 radical (unpaired) electrons. The number of H-pyrrole nitrogens is 1. The number of nitrogens with two attached hydrogens (primary N) is 1. The van der Waals surface area contributed by atoms with Crippen LogP contribution >= 0.6 is 0 Å². The lowest BCUT2D eigenvalue weighted by Gasteiger charge is -2.06. The first-order valence-corrected chi connectivity index (χ1v) is 6.72. The number of benzene rings is 2. The average molecular weight is 280 g/mol. The quantitative estimate of drug-likeness (QED) is 0.752. The highest BCUT2D eigenvalue weighted by Crippen LogP contribution is 2.16. The number of nitrogens with one attached hydrogen (secondary N) is 1. The summed E-state index contributed by atoms with van der Waals surface area (Å²) in [5, 5.41) is 7.02. The third-order valence-electron chi connectivity index (χ3n) is 3.10. The summed E-state index contributed by atoms with van der Waals surface area (Å²) in [5.74, 6) is 2.01. The Morgan fingerprint density at radius 1 is 1.00 bits per heavy atom. The molecular weight excluding hydrogens is 264 g/mol. The van der Waals surface area contributed by atoms with Gasteiger partial charge in [0.1, 0.15) is 12.4 Å². The third-order valence-corrected chi connectivity index (χ3v) is 3.10. The molecule has 3 rings (SSSR count). The highest BCUT2D eigenvalue weighted by molar-refractivity contribution is 5.24. The fourth-order valence-corrected chi connectivity index (χ4v) is 1.99.